The molecule has 20 heavy (non-hydrogen) atoms. The Morgan fingerprint density at radius 3 is 2.85 bits per heavy atom. The minimum atomic E-state index is -0.117. The first-order valence-electron chi connectivity index (χ1n) is 7.16. The molecule has 1 aliphatic heterocycles. The van der Waals surface area contributed by atoms with E-state index in [9.17, 15) is 4.79 Å². The lowest BCUT2D eigenvalue weighted by Gasteiger charge is -2.33. The Balaban J connectivity index is 2.02. The van der Waals surface area contributed by atoms with Crippen molar-refractivity contribution in [3.8, 4) is 0 Å². The molecule has 0 radical (unpaired) electrons. The molecule has 1 aliphatic rings. The number of carbonyl (C=O) groups is 1. The fourth-order valence-electron chi connectivity index (χ4n) is 3.13. The van der Waals surface area contributed by atoms with Crippen LogP contribution >= 0.6 is 11.3 Å². The Morgan fingerprint density at radius 2 is 2.25 bits per heavy atom. The normalized spacial score (nSPS) is 22.9. The number of thiazole rings is 1. The first-order valence-corrected chi connectivity index (χ1v) is 7.98. The molecule has 1 amide bonds. The van der Waals surface area contributed by atoms with Crippen LogP contribution in [-0.4, -0.2) is 20.8 Å². The summed E-state index contributed by atoms with van der Waals surface area (Å²) in [5.41, 5.74) is 2.20. The van der Waals surface area contributed by atoms with E-state index in [-0.39, 0.29) is 11.4 Å². The van der Waals surface area contributed by atoms with Gasteiger partial charge in [-0.15, -0.1) is 11.3 Å². The highest BCUT2D eigenvalue weighted by Gasteiger charge is 2.41. The van der Waals surface area contributed by atoms with E-state index < -0.39 is 0 Å². The van der Waals surface area contributed by atoms with Crippen molar-refractivity contribution in [1.82, 2.24) is 14.7 Å². The number of hydrogen-bond acceptors (Lipinski definition) is 3. The van der Waals surface area contributed by atoms with Crippen LogP contribution in [-0.2, 0) is 11.2 Å². The number of carbonyl (C=O) groups excluding carboxylic acids is 1. The number of aromatic nitrogens is 2. The van der Waals surface area contributed by atoms with Gasteiger partial charge < -0.3 is 5.32 Å². The average Bonchev–Trinajstić information content (AvgIpc) is 2.97. The molecule has 1 unspecified atom stereocenters. The summed E-state index contributed by atoms with van der Waals surface area (Å²) < 4.78 is 2.20. The maximum atomic E-state index is 11.7. The van der Waals surface area contributed by atoms with Crippen molar-refractivity contribution < 1.29 is 4.79 Å². The van der Waals surface area contributed by atoms with Gasteiger partial charge in [-0.3, -0.25) is 9.20 Å². The first-order chi connectivity index (χ1) is 9.41. The molecule has 0 aliphatic carbocycles. The van der Waals surface area contributed by atoms with Crippen molar-refractivity contribution in [3.63, 3.8) is 0 Å². The van der Waals surface area contributed by atoms with E-state index in [0.29, 0.717) is 12.3 Å². The van der Waals surface area contributed by atoms with Crippen LogP contribution in [0.1, 0.15) is 43.0 Å². The fourth-order valence-corrected chi connectivity index (χ4v) is 4.02. The Hall–Kier alpha value is -1.36. The monoisotopic (exact) mass is 291 g/mol. The number of fused-ring (bicyclic) bond motifs is 1. The lowest BCUT2D eigenvalue weighted by atomic mass is 9.81. The second-order valence-electron chi connectivity index (χ2n) is 6.17. The summed E-state index contributed by atoms with van der Waals surface area (Å²) in [4.78, 5) is 18.7. The molecule has 0 saturated carbocycles. The smallest absolute Gasteiger partial charge is 0.220 e. The average molecular weight is 291 g/mol. The fraction of sp³-hybridized carbons (Fsp3) is 0.600. The third-order valence-electron chi connectivity index (χ3n) is 4.52. The molecule has 1 atom stereocenters. The molecule has 3 rings (SSSR count). The molecule has 1 saturated heterocycles. The molecule has 3 heterocycles. The molecule has 5 heteroatoms. The molecular formula is C15H21N3OS. The van der Waals surface area contributed by atoms with Crippen molar-refractivity contribution in [2.75, 3.05) is 0 Å². The molecule has 1 fully saturated rings. The summed E-state index contributed by atoms with van der Waals surface area (Å²) in [6.07, 6.45) is 4.57. The quantitative estimate of drug-likeness (QED) is 0.945. The van der Waals surface area contributed by atoms with Gasteiger partial charge in [0.1, 0.15) is 0 Å². The number of aryl methyl sites for hydroxylation is 2. The van der Waals surface area contributed by atoms with Gasteiger partial charge in [-0.25, -0.2) is 4.98 Å². The van der Waals surface area contributed by atoms with Crippen molar-refractivity contribution in [2.24, 2.45) is 5.92 Å². The zero-order valence-electron chi connectivity index (χ0n) is 12.5. The molecule has 0 aromatic carbocycles. The molecule has 4 nitrogen and oxygen atoms in total. The molecule has 0 spiro atoms. The van der Waals surface area contributed by atoms with Gasteiger partial charge in [-0.05, 0) is 26.2 Å². The summed E-state index contributed by atoms with van der Waals surface area (Å²) in [6, 6.07) is 0. The van der Waals surface area contributed by atoms with E-state index in [1.807, 2.05) is 0 Å². The molecule has 1 N–H and O–H groups in total. The number of imidazole rings is 1. The summed E-state index contributed by atoms with van der Waals surface area (Å²) in [7, 11) is 0. The van der Waals surface area contributed by atoms with Crippen molar-refractivity contribution in [1.29, 1.82) is 0 Å². The van der Waals surface area contributed by atoms with Crippen LogP contribution in [0.15, 0.2) is 6.20 Å². The van der Waals surface area contributed by atoms with Crippen molar-refractivity contribution in [3.05, 3.63) is 22.5 Å². The minimum Gasteiger partial charge on any atom is -0.350 e. The predicted molar refractivity (Wildman–Crippen MR) is 81.2 cm³/mol. The lowest BCUT2D eigenvalue weighted by Crippen LogP contribution is -2.48. The van der Waals surface area contributed by atoms with Gasteiger partial charge in [0.05, 0.1) is 5.69 Å². The molecule has 108 valence electrons. The number of hydrogen-bond donors (Lipinski definition) is 1. The Bertz CT molecular complexity index is 670. The van der Waals surface area contributed by atoms with Gasteiger partial charge in [0.25, 0.3) is 0 Å². The summed E-state index contributed by atoms with van der Waals surface area (Å²) in [5.74, 6) is 0.595. The molecule has 2 aromatic rings. The standard InChI is InChI=1S/C15H21N3OS/c1-9(2)15(6-5-13(19)17-15)7-12-11(4)16-14-18(12)8-10(3)20-14/h8-9H,5-7H2,1-4H3,(H,17,19). The highest BCUT2D eigenvalue weighted by molar-refractivity contribution is 7.17. The number of rotatable bonds is 3. The van der Waals surface area contributed by atoms with Crippen LogP contribution in [0.3, 0.4) is 0 Å². The maximum absolute atomic E-state index is 11.7. The van der Waals surface area contributed by atoms with E-state index in [1.54, 1.807) is 11.3 Å². The largest absolute Gasteiger partial charge is 0.350 e. The van der Waals surface area contributed by atoms with Crippen LogP contribution < -0.4 is 5.32 Å². The third kappa shape index (κ3) is 2.04. The highest BCUT2D eigenvalue weighted by Crippen LogP contribution is 2.33. The lowest BCUT2D eigenvalue weighted by molar-refractivity contribution is -0.120. The Morgan fingerprint density at radius 1 is 1.50 bits per heavy atom. The first kappa shape index (κ1) is 13.6. The summed E-state index contributed by atoms with van der Waals surface area (Å²) >= 11 is 1.72. The SMILES string of the molecule is Cc1cn2c(CC3(C(C)C)CCC(=O)N3)c(C)nc2s1. The van der Waals surface area contributed by atoms with Gasteiger partial charge in [0.15, 0.2) is 4.96 Å². The van der Waals surface area contributed by atoms with E-state index in [0.717, 1.165) is 23.5 Å². The Labute approximate surface area is 123 Å². The van der Waals surface area contributed by atoms with E-state index in [4.69, 9.17) is 0 Å². The topological polar surface area (TPSA) is 46.4 Å². The summed E-state index contributed by atoms with van der Waals surface area (Å²) in [5, 5.41) is 3.23. The van der Waals surface area contributed by atoms with Crippen LogP contribution in [0, 0.1) is 19.8 Å². The van der Waals surface area contributed by atoms with E-state index in [1.165, 1.54) is 10.6 Å². The van der Waals surface area contributed by atoms with Crippen LogP contribution in [0.4, 0.5) is 0 Å². The van der Waals surface area contributed by atoms with Gasteiger partial charge in [0, 0.05) is 35.1 Å². The number of nitrogens with zero attached hydrogens (tertiary/aromatic N) is 2. The number of nitrogens with one attached hydrogen (secondary N) is 1. The predicted octanol–water partition coefficient (Wildman–Crippen LogP) is 2.86. The Kier molecular flexibility index (Phi) is 3.12. The third-order valence-corrected chi connectivity index (χ3v) is 5.41. The molecule has 0 bridgehead atoms. The second-order valence-corrected chi connectivity index (χ2v) is 7.39. The van der Waals surface area contributed by atoms with E-state index in [2.05, 4.69) is 48.6 Å². The van der Waals surface area contributed by atoms with Crippen molar-refractivity contribution >= 4 is 22.2 Å². The molecule has 2 aromatic heterocycles. The van der Waals surface area contributed by atoms with Gasteiger partial charge in [0.2, 0.25) is 5.91 Å². The van der Waals surface area contributed by atoms with E-state index >= 15 is 0 Å². The zero-order chi connectivity index (χ0) is 14.5. The van der Waals surface area contributed by atoms with Crippen molar-refractivity contribution in [2.45, 2.75) is 52.5 Å². The van der Waals surface area contributed by atoms with Gasteiger partial charge in [-0.1, -0.05) is 13.8 Å². The van der Waals surface area contributed by atoms with Crippen LogP contribution in [0.25, 0.3) is 4.96 Å². The van der Waals surface area contributed by atoms with Crippen LogP contribution in [0.2, 0.25) is 0 Å². The van der Waals surface area contributed by atoms with Gasteiger partial charge >= 0.3 is 0 Å². The van der Waals surface area contributed by atoms with Crippen LogP contribution in [0.5, 0.6) is 0 Å². The maximum Gasteiger partial charge on any atom is 0.220 e. The minimum absolute atomic E-state index is 0.117. The highest BCUT2D eigenvalue weighted by atomic mass is 32.1. The zero-order valence-corrected chi connectivity index (χ0v) is 13.3. The van der Waals surface area contributed by atoms with Gasteiger partial charge in [-0.2, -0.15) is 0 Å². The summed E-state index contributed by atoms with van der Waals surface area (Å²) in [6.45, 7) is 8.55. The molecular weight excluding hydrogens is 270 g/mol. The second kappa shape index (κ2) is 4.58. The number of amides is 1.